The minimum atomic E-state index is -1.33. The highest BCUT2D eigenvalue weighted by Crippen LogP contribution is 2.23. The molecule has 3 aromatic heterocycles. The number of aryl methyl sites for hydroxylation is 2. The van der Waals surface area contributed by atoms with Gasteiger partial charge in [0.2, 0.25) is 5.91 Å². The lowest BCUT2D eigenvalue weighted by Crippen LogP contribution is -2.56. The minimum absolute atomic E-state index is 0.0244. The van der Waals surface area contributed by atoms with Crippen LogP contribution in [-0.2, 0) is 18.4 Å². The zero-order valence-electron chi connectivity index (χ0n) is 16.6. The molecule has 0 aromatic carbocycles. The van der Waals surface area contributed by atoms with Crippen LogP contribution in [0, 0.1) is 12.7 Å². The first-order valence-electron chi connectivity index (χ1n) is 9.47. The number of rotatable bonds is 6. The van der Waals surface area contributed by atoms with Crippen LogP contribution in [0.2, 0.25) is 0 Å². The fourth-order valence-electron chi connectivity index (χ4n) is 3.67. The summed E-state index contributed by atoms with van der Waals surface area (Å²) in [5, 5.41) is 18.9. The van der Waals surface area contributed by atoms with E-state index in [1.807, 2.05) is 6.07 Å². The van der Waals surface area contributed by atoms with E-state index in [4.69, 9.17) is 4.74 Å². The molecule has 3 N–H and O–H groups in total. The number of aliphatic hydroxyl groups excluding tert-OH is 1. The van der Waals surface area contributed by atoms with Crippen molar-refractivity contribution >= 4 is 17.3 Å². The Morgan fingerprint density at radius 1 is 1.47 bits per heavy atom. The van der Waals surface area contributed by atoms with Crippen LogP contribution in [0.3, 0.4) is 0 Å². The molecule has 4 heterocycles. The minimum Gasteiger partial charge on any atom is -0.486 e. The number of hydrogen-bond donors (Lipinski definition) is 3. The predicted octanol–water partition coefficient (Wildman–Crippen LogP) is 0.680. The number of halogens is 1. The Kier molecular flexibility index (Phi) is 4.94. The van der Waals surface area contributed by atoms with E-state index in [1.54, 1.807) is 36.7 Å². The first kappa shape index (κ1) is 19.9. The molecule has 1 saturated heterocycles. The lowest BCUT2D eigenvalue weighted by molar-refractivity contribution is -0.125. The zero-order chi connectivity index (χ0) is 21.5. The van der Waals surface area contributed by atoms with Crippen LogP contribution < -0.4 is 15.4 Å². The predicted molar refractivity (Wildman–Crippen MR) is 105 cm³/mol. The number of ether oxygens (including phenoxy) is 1. The van der Waals surface area contributed by atoms with Crippen molar-refractivity contribution in [3.8, 4) is 5.75 Å². The van der Waals surface area contributed by atoms with Crippen molar-refractivity contribution in [1.82, 2.24) is 24.8 Å². The molecule has 0 bridgehead atoms. The topological polar surface area (TPSA) is 110 Å². The van der Waals surface area contributed by atoms with E-state index < -0.39 is 29.8 Å². The van der Waals surface area contributed by atoms with Crippen LogP contribution >= 0.6 is 0 Å². The molecule has 0 saturated carbocycles. The average Bonchev–Trinajstić information content (AvgIpc) is 3.35. The summed E-state index contributed by atoms with van der Waals surface area (Å²) in [7, 11) is 1.62. The van der Waals surface area contributed by atoms with E-state index in [9.17, 15) is 19.1 Å². The van der Waals surface area contributed by atoms with Gasteiger partial charge in [-0.05, 0) is 37.1 Å². The van der Waals surface area contributed by atoms with Gasteiger partial charge in [-0.3, -0.25) is 14.3 Å². The molecule has 0 aliphatic carbocycles. The van der Waals surface area contributed by atoms with Crippen LogP contribution in [-0.4, -0.2) is 49.8 Å². The summed E-state index contributed by atoms with van der Waals surface area (Å²) in [6.07, 6.45) is 3.06. The number of carbonyl (C=O) groups excluding carboxylic acids is 2. The number of amides is 2. The summed E-state index contributed by atoms with van der Waals surface area (Å²) in [5.74, 6) is -0.907. The molecule has 0 spiro atoms. The summed E-state index contributed by atoms with van der Waals surface area (Å²) in [6, 6.07) is 5.34. The number of aliphatic hydroxyl groups is 1. The van der Waals surface area contributed by atoms with Crippen LogP contribution in [0.25, 0.3) is 5.52 Å². The van der Waals surface area contributed by atoms with Gasteiger partial charge in [0, 0.05) is 19.1 Å². The van der Waals surface area contributed by atoms with Crippen LogP contribution in [0.4, 0.5) is 4.39 Å². The normalized spacial score (nSPS) is 18.6. The number of nitrogens with zero attached hydrogens (tertiary/aromatic N) is 3. The molecule has 1 aliphatic heterocycles. The molecule has 2 amide bonds. The molecule has 1 unspecified atom stereocenters. The molecule has 158 valence electrons. The Balaban J connectivity index is 1.62. The van der Waals surface area contributed by atoms with Crippen molar-refractivity contribution in [3.05, 3.63) is 53.4 Å². The van der Waals surface area contributed by atoms with Crippen LogP contribution in [0.15, 0.2) is 30.6 Å². The van der Waals surface area contributed by atoms with Crippen molar-refractivity contribution in [2.24, 2.45) is 7.05 Å². The number of hydrogen-bond acceptors (Lipinski definition) is 5. The first-order valence-corrected chi connectivity index (χ1v) is 9.47. The van der Waals surface area contributed by atoms with Gasteiger partial charge in [-0.15, -0.1) is 0 Å². The van der Waals surface area contributed by atoms with Gasteiger partial charge in [0.1, 0.15) is 29.3 Å². The molecule has 1 atom stereocenters. The number of fused-ring (bicyclic) bond motifs is 1. The smallest absolute Gasteiger partial charge is 0.269 e. The third-order valence-electron chi connectivity index (χ3n) is 5.43. The maximum Gasteiger partial charge on any atom is 0.269 e. The summed E-state index contributed by atoms with van der Waals surface area (Å²) in [5.41, 5.74) is 0.752. The number of aromatic nitrogens is 3. The van der Waals surface area contributed by atoms with E-state index >= 15 is 0 Å². The van der Waals surface area contributed by atoms with E-state index in [2.05, 4.69) is 15.7 Å². The van der Waals surface area contributed by atoms with Crippen molar-refractivity contribution < 1.29 is 23.8 Å². The fourth-order valence-corrected chi connectivity index (χ4v) is 3.67. The van der Waals surface area contributed by atoms with Crippen molar-refractivity contribution in [2.45, 2.75) is 25.5 Å². The Morgan fingerprint density at radius 2 is 2.27 bits per heavy atom. The Bertz CT molecular complexity index is 1120. The Labute approximate surface area is 171 Å². The molecule has 9 nitrogen and oxygen atoms in total. The second-order valence-corrected chi connectivity index (χ2v) is 7.39. The third-order valence-corrected chi connectivity index (χ3v) is 5.43. The average molecular weight is 415 g/mol. The van der Waals surface area contributed by atoms with Gasteiger partial charge in [0.05, 0.1) is 19.0 Å². The lowest BCUT2D eigenvalue weighted by Gasteiger charge is -2.25. The monoisotopic (exact) mass is 415 g/mol. The molecule has 1 aliphatic rings. The Morgan fingerprint density at radius 3 is 2.90 bits per heavy atom. The van der Waals surface area contributed by atoms with Gasteiger partial charge in [-0.1, -0.05) is 0 Å². The van der Waals surface area contributed by atoms with Gasteiger partial charge in [-0.25, -0.2) is 4.39 Å². The highest BCUT2D eigenvalue weighted by Gasteiger charge is 2.43. The highest BCUT2D eigenvalue weighted by molar-refractivity contribution is 6.01. The van der Waals surface area contributed by atoms with Crippen molar-refractivity contribution in [1.29, 1.82) is 0 Å². The van der Waals surface area contributed by atoms with E-state index in [1.165, 1.54) is 4.68 Å². The van der Waals surface area contributed by atoms with Gasteiger partial charge < -0.3 is 24.9 Å². The van der Waals surface area contributed by atoms with Crippen LogP contribution in [0.1, 0.15) is 28.2 Å². The molecular weight excluding hydrogens is 393 g/mol. The lowest BCUT2D eigenvalue weighted by atomic mass is 9.98. The highest BCUT2D eigenvalue weighted by atomic mass is 19.1. The maximum atomic E-state index is 13.8. The van der Waals surface area contributed by atoms with Gasteiger partial charge in [0.15, 0.2) is 5.82 Å². The van der Waals surface area contributed by atoms with Crippen molar-refractivity contribution in [2.75, 3.05) is 13.2 Å². The molecule has 4 rings (SSSR count). The largest absolute Gasteiger partial charge is 0.486 e. The molecule has 1 fully saturated rings. The van der Waals surface area contributed by atoms with Gasteiger partial charge in [0.25, 0.3) is 5.91 Å². The molecule has 10 heteroatoms. The molecule has 30 heavy (non-hydrogen) atoms. The van der Waals surface area contributed by atoms with E-state index in [0.29, 0.717) is 35.7 Å². The van der Waals surface area contributed by atoms with E-state index in [-0.39, 0.29) is 6.61 Å². The summed E-state index contributed by atoms with van der Waals surface area (Å²) >= 11 is 0. The first-order chi connectivity index (χ1) is 14.3. The number of pyridine rings is 1. The summed E-state index contributed by atoms with van der Waals surface area (Å²) < 4.78 is 22.5. The standard InChI is InChI=1S/C20H22FN5O4/c1-12-7-13-3-4-14(30-10-16-15(21)8-23-25(16)2)9-26(13)17(12)18(28)24-20(11-27)5-6-22-19(20)29/h3-4,7-9,27H,5-6,10-11H2,1-2H3,(H,22,29)(H,24,28). The Hall–Kier alpha value is -3.40. The molecular formula is C20H22FN5O4. The van der Waals surface area contributed by atoms with Crippen molar-refractivity contribution in [3.63, 3.8) is 0 Å². The second kappa shape index (κ2) is 7.45. The molecule has 0 radical (unpaired) electrons. The van der Waals surface area contributed by atoms with Gasteiger partial charge in [-0.2, -0.15) is 5.10 Å². The van der Waals surface area contributed by atoms with Crippen LogP contribution in [0.5, 0.6) is 5.75 Å². The number of carbonyl (C=O) groups is 2. The quantitative estimate of drug-likeness (QED) is 0.549. The van der Waals surface area contributed by atoms with E-state index in [0.717, 1.165) is 11.7 Å². The van der Waals surface area contributed by atoms with Gasteiger partial charge >= 0.3 is 0 Å². The summed E-state index contributed by atoms with van der Waals surface area (Å²) in [4.78, 5) is 25.2. The zero-order valence-corrected chi connectivity index (χ0v) is 16.6. The summed E-state index contributed by atoms with van der Waals surface area (Å²) in [6.45, 7) is 1.66. The number of nitrogens with one attached hydrogen (secondary N) is 2. The fraction of sp³-hybridized carbons (Fsp3) is 0.350. The molecule has 3 aromatic rings. The SMILES string of the molecule is Cc1cc2ccc(OCc3c(F)cnn3C)cn2c1C(=O)NC1(CO)CCNC1=O. The second-order valence-electron chi connectivity index (χ2n) is 7.39. The third kappa shape index (κ3) is 3.28. The maximum absolute atomic E-state index is 13.8.